The highest BCUT2D eigenvalue weighted by molar-refractivity contribution is 5.98. The minimum atomic E-state index is -0.185. The summed E-state index contributed by atoms with van der Waals surface area (Å²) in [5.41, 5.74) is 4.74. The monoisotopic (exact) mass is 362 g/mol. The third-order valence-electron chi connectivity index (χ3n) is 4.57. The maximum absolute atomic E-state index is 12.8. The molecule has 0 fully saturated rings. The van der Waals surface area contributed by atoms with E-state index in [1.165, 1.54) is 6.92 Å². The van der Waals surface area contributed by atoms with Crippen LogP contribution in [0.5, 0.6) is 0 Å². The molecule has 0 aliphatic heterocycles. The first kappa shape index (κ1) is 18.6. The summed E-state index contributed by atoms with van der Waals surface area (Å²) in [6.07, 6.45) is 0. The molecule has 1 N–H and O–H groups in total. The predicted octanol–water partition coefficient (Wildman–Crippen LogP) is 3.77. The number of carbonyl (C=O) groups excluding carboxylic acids is 2. The van der Waals surface area contributed by atoms with Gasteiger partial charge in [-0.25, -0.2) is 0 Å². The normalized spacial score (nSPS) is 10.8. The number of Topliss-reactive ketones (excluding diaryl/α,β-unsaturated/α-hetero) is 1. The zero-order valence-electron chi connectivity index (χ0n) is 15.9. The van der Waals surface area contributed by atoms with Crippen LogP contribution in [-0.2, 0) is 11.3 Å². The van der Waals surface area contributed by atoms with Crippen LogP contribution in [0.25, 0.3) is 10.9 Å². The number of hydrogen-bond acceptors (Lipinski definition) is 3. The quantitative estimate of drug-likeness (QED) is 0.719. The Hall–Kier alpha value is -3.21. The number of pyridine rings is 1. The molecule has 0 unspecified atom stereocenters. The van der Waals surface area contributed by atoms with E-state index in [0.717, 1.165) is 27.6 Å². The van der Waals surface area contributed by atoms with Gasteiger partial charge in [0.25, 0.3) is 5.56 Å². The highest BCUT2D eigenvalue weighted by Crippen LogP contribution is 2.22. The number of ketones is 1. The summed E-state index contributed by atoms with van der Waals surface area (Å²) in [5, 5.41) is 3.65. The van der Waals surface area contributed by atoms with Crippen LogP contribution in [0.3, 0.4) is 0 Å². The first-order valence-electron chi connectivity index (χ1n) is 8.78. The fraction of sp³-hybridized carbons (Fsp3) is 0.227. The van der Waals surface area contributed by atoms with Crippen molar-refractivity contribution in [2.24, 2.45) is 0 Å². The Morgan fingerprint density at radius 2 is 1.63 bits per heavy atom. The van der Waals surface area contributed by atoms with Gasteiger partial charge in [-0.3, -0.25) is 14.4 Å². The Morgan fingerprint density at radius 1 is 0.963 bits per heavy atom. The fourth-order valence-electron chi connectivity index (χ4n) is 3.40. The average Bonchev–Trinajstić information content (AvgIpc) is 2.58. The van der Waals surface area contributed by atoms with Crippen molar-refractivity contribution in [2.45, 2.75) is 34.2 Å². The van der Waals surface area contributed by atoms with E-state index in [1.807, 2.05) is 32.9 Å². The lowest BCUT2D eigenvalue weighted by atomic mass is 10.0. The average molecular weight is 362 g/mol. The second kappa shape index (κ2) is 7.19. The molecule has 0 aliphatic rings. The fourth-order valence-corrected chi connectivity index (χ4v) is 3.40. The predicted molar refractivity (Wildman–Crippen MR) is 107 cm³/mol. The van der Waals surface area contributed by atoms with Crippen LogP contribution in [-0.4, -0.2) is 16.3 Å². The SMILES string of the molecule is CC(=O)Nc1ccc(C(=O)Cn2c(=O)cc(C)c3cc(C)cc(C)c32)cc1. The first-order valence-corrected chi connectivity index (χ1v) is 8.78. The van der Waals surface area contributed by atoms with Crippen molar-refractivity contribution in [3.63, 3.8) is 0 Å². The van der Waals surface area contributed by atoms with Gasteiger partial charge in [-0.15, -0.1) is 0 Å². The second-order valence-corrected chi connectivity index (χ2v) is 6.91. The number of aryl methyl sites for hydroxylation is 3. The number of hydrogen-bond donors (Lipinski definition) is 1. The van der Waals surface area contributed by atoms with Gasteiger partial charge in [-0.2, -0.15) is 0 Å². The van der Waals surface area contributed by atoms with Crippen molar-refractivity contribution < 1.29 is 9.59 Å². The molecule has 0 atom stereocenters. The third-order valence-corrected chi connectivity index (χ3v) is 4.57. The van der Waals surface area contributed by atoms with E-state index >= 15 is 0 Å². The molecule has 3 rings (SSSR count). The molecular formula is C22H22N2O3. The summed E-state index contributed by atoms with van der Waals surface area (Å²) in [6, 6.07) is 12.3. The number of aromatic nitrogens is 1. The molecule has 0 saturated carbocycles. The molecule has 5 heteroatoms. The molecule has 5 nitrogen and oxygen atoms in total. The number of carbonyl (C=O) groups is 2. The van der Waals surface area contributed by atoms with Crippen LogP contribution in [0.4, 0.5) is 5.69 Å². The number of nitrogens with zero attached hydrogens (tertiary/aromatic N) is 1. The Balaban J connectivity index is 2.00. The molecule has 1 amide bonds. The van der Waals surface area contributed by atoms with Crippen molar-refractivity contribution in [3.05, 3.63) is 75.1 Å². The molecular weight excluding hydrogens is 340 g/mol. The third kappa shape index (κ3) is 3.82. The zero-order valence-corrected chi connectivity index (χ0v) is 15.9. The molecule has 27 heavy (non-hydrogen) atoms. The summed E-state index contributed by atoms with van der Waals surface area (Å²) in [5.74, 6) is -0.325. The highest BCUT2D eigenvalue weighted by atomic mass is 16.1. The summed E-state index contributed by atoms with van der Waals surface area (Å²) >= 11 is 0. The van der Waals surface area contributed by atoms with Gasteiger partial charge >= 0.3 is 0 Å². The van der Waals surface area contributed by atoms with Crippen molar-refractivity contribution >= 4 is 28.3 Å². The Kier molecular flexibility index (Phi) is 4.95. The zero-order chi connectivity index (χ0) is 19.7. The van der Waals surface area contributed by atoms with E-state index in [0.29, 0.717) is 11.3 Å². The van der Waals surface area contributed by atoms with Gasteiger partial charge in [0.15, 0.2) is 5.78 Å². The van der Waals surface area contributed by atoms with Crippen LogP contribution in [0.15, 0.2) is 47.3 Å². The number of fused-ring (bicyclic) bond motifs is 1. The standard InChI is InChI=1S/C22H22N2O3/c1-13-9-15(3)22-19(10-13)14(2)11-21(27)24(22)12-20(26)17-5-7-18(8-6-17)23-16(4)25/h5-11H,12H2,1-4H3,(H,23,25). The van der Waals surface area contributed by atoms with E-state index in [4.69, 9.17) is 0 Å². The molecule has 0 bridgehead atoms. The van der Waals surface area contributed by atoms with E-state index < -0.39 is 0 Å². The second-order valence-electron chi connectivity index (χ2n) is 6.91. The van der Waals surface area contributed by atoms with Gasteiger partial charge in [-0.05, 0) is 62.2 Å². The van der Waals surface area contributed by atoms with Crippen LogP contribution >= 0.6 is 0 Å². The molecule has 3 aromatic rings. The number of rotatable bonds is 4. The first-order chi connectivity index (χ1) is 12.8. The smallest absolute Gasteiger partial charge is 0.251 e. The molecule has 0 spiro atoms. The summed E-state index contributed by atoms with van der Waals surface area (Å²) in [4.78, 5) is 36.5. The Bertz CT molecular complexity index is 1110. The van der Waals surface area contributed by atoms with Gasteiger partial charge in [0.1, 0.15) is 0 Å². The van der Waals surface area contributed by atoms with Gasteiger partial charge in [0, 0.05) is 29.6 Å². The van der Waals surface area contributed by atoms with Gasteiger partial charge in [0.05, 0.1) is 12.1 Å². The van der Waals surface area contributed by atoms with E-state index in [9.17, 15) is 14.4 Å². The molecule has 0 saturated heterocycles. The molecule has 0 radical (unpaired) electrons. The van der Waals surface area contributed by atoms with Crippen molar-refractivity contribution in [3.8, 4) is 0 Å². The maximum Gasteiger partial charge on any atom is 0.251 e. The molecule has 1 heterocycles. The topological polar surface area (TPSA) is 68.2 Å². The lowest BCUT2D eigenvalue weighted by Gasteiger charge is -2.15. The van der Waals surface area contributed by atoms with Gasteiger partial charge in [0.2, 0.25) is 5.91 Å². The van der Waals surface area contributed by atoms with Crippen LogP contribution in [0, 0.1) is 20.8 Å². The molecule has 2 aromatic carbocycles. The molecule has 138 valence electrons. The number of amides is 1. The summed E-state index contributed by atoms with van der Waals surface area (Å²) in [6.45, 7) is 7.28. The Labute approximate surface area is 157 Å². The summed E-state index contributed by atoms with van der Waals surface area (Å²) in [7, 11) is 0. The van der Waals surface area contributed by atoms with E-state index in [2.05, 4.69) is 5.32 Å². The minimum Gasteiger partial charge on any atom is -0.326 e. The number of nitrogens with one attached hydrogen (secondary N) is 1. The lowest BCUT2D eigenvalue weighted by Crippen LogP contribution is -2.25. The van der Waals surface area contributed by atoms with Crippen molar-refractivity contribution in [1.82, 2.24) is 4.57 Å². The van der Waals surface area contributed by atoms with E-state index in [1.54, 1.807) is 34.9 Å². The molecule has 0 aliphatic carbocycles. The minimum absolute atomic E-state index is 0.0288. The van der Waals surface area contributed by atoms with Crippen LogP contribution < -0.4 is 10.9 Å². The van der Waals surface area contributed by atoms with E-state index in [-0.39, 0.29) is 23.8 Å². The van der Waals surface area contributed by atoms with Gasteiger partial charge in [-0.1, -0.05) is 11.6 Å². The van der Waals surface area contributed by atoms with Gasteiger partial charge < -0.3 is 9.88 Å². The van der Waals surface area contributed by atoms with Crippen molar-refractivity contribution in [2.75, 3.05) is 5.32 Å². The van der Waals surface area contributed by atoms with Crippen molar-refractivity contribution in [1.29, 1.82) is 0 Å². The van der Waals surface area contributed by atoms with Crippen LogP contribution in [0.2, 0.25) is 0 Å². The number of anilines is 1. The number of benzene rings is 2. The van der Waals surface area contributed by atoms with Crippen LogP contribution in [0.1, 0.15) is 34.0 Å². The maximum atomic E-state index is 12.8. The Morgan fingerprint density at radius 3 is 2.26 bits per heavy atom. The lowest BCUT2D eigenvalue weighted by molar-refractivity contribution is -0.114. The highest BCUT2D eigenvalue weighted by Gasteiger charge is 2.14. The summed E-state index contributed by atoms with van der Waals surface area (Å²) < 4.78 is 1.54. The largest absolute Gasteiger partial charge is 0.326 e. The molecule has 1 aromatic heterocycles.